The molecule has 0 bridgehead atoms. The lowest BCUT2D eigenvalue weighted by Crippen LogP contribution is -2.00. The molecular weight excluding hydrogens is 252 g/mol. The SMILES string of the molecule is Cc1nn(C)c(C)c1Oc1nccc(CN)c1Cl. The van der Waals surface area contributed by atoms with Crippen LogP contribution in [0.2, 0.25) is 5.02 Å². The number of pyridine rings is 1. The Morgan fingerprint density at radius 1 is 1.44 bits per heavy atom. The molecule has 0 saturated heterocycles. The van der Waals surface area contributed by atoms with Crippen LogP contribution in [0.4, 0.5) is 0 Å². The van der Waals surface area contributed by atoms with Gasteiger partial charge in [-0.3, -0.25) is 4.68 Å². The van der Waals surface area contributed by atoms with Gasteiger partial charge in [-0.05, 0) is 25.5 Å². The number of rotatable bonds is 3. The highest BCUT2D eigenvalue weighted by molar-refractivity contribution is 6.32. The van der Waals surface area contributed by atoms with Gasteiger partial charge in [0.05, 0.1) is 5.69 Å². The van der Waals surface area contributed by atoms with Gasteiger partial charge in [0.1, 0.15) is 10.7 Å². The molecule has 0 radical (unpaired) electrons. The Bertz CT molecular complexity index is 580. The summed E-state index contributed by atoms with van der Waals surface area (Å²) in [4.78, 5) is 4.13. The molecule has 0 saturated carbocycles. The number of halogens is 1. The van der Waals surface area contributed by atoms with Crippen LogP contribution in [-0.4, -0.2) is 14.8 Å². The van der Waals surface area contributed by atoms with Crippen molar-refractivity contribution in [2.24, 2.45) is 12.8 Å². The molecule has 2 heterocycles. The molecule has 0 aliphatic rings. The number of ether oxygens (including phenoxy) is 1. The Morgan fingerprint density at radius 3 is 2.72 bits per heavy atom. The molecule has 2 aromatic rings. The molecule has 5 nitrogen and oxygen atoms in total. The first kappa shape index (κ1) is 12.9. The molecule has 18 heavy (non-hydrogen) atoms. The smallest absolute Gasteiger partial charge is 0.238 e. The van der Waals surface area contributed by atoms with Crippen molar-refractivity contribution in [1.82, 2.24) is 14.8 Å². The van der Waals surface area contributed by atoms with Gasteiger partial charge in [-0.2, -0.15) is 5.10 Å². The van der Waals surface area contributed by atoms with Crippen LogP contribution in [0, 0.1) is 13.8 Å². The van der Waals surface area contributed by atoms with E-state index in [0.717, 1.165) is 17.0 Å². The zero-order valence-corrected chi connectivity index (χ0v) is 11.3. The summed E-state index contributed by atoms with van der Waals surface area (Å²) in [5.74, 6) is 1.04. The molecule has 0 aromatic carbocycles. The summed E-state index contributed by atoms with van der Waals surface area (Å²) in [7, 11) is 1.86. The first-order valence-corrected chi connectivity index (χ1v) is 5.94. The molecule has 0 unspecified atom stereocenters. The summed E-state index contributed by atoms with van der Waals surface area (Å²) in [5.41, 5.74) is 8.12. The van der Waals surface area contributed by atoms with Gasteiger partial charge in [0.15, 0.2) is 5.75 Å². The molecule has 0 fully saturated rings. The summed E-state index contributed by atoms with van der Waals surface area (Å²) in [5, 5.41) is 4.72. The molecule has 96 valence electrons. The van der Waals surface area contributed by atoms with Crippen molar-refractivity contribution in [2.45, 2.75) is 20.4 Å². The van der Waals surface area contributed by atoms with Crippen LogP contribution in [0.5, 0.6) is 11.6 Å². The van der Waals surface area contributed by atoms with Crippen molar-refractivity contribution >= 4 is 11.6 Å². The third-order valence-corrected chi connectivity index (χ3v) is 3.20. The average Bonchev–Trinajstić information content (AvgIpc) is 2.58. The fourth-order valence-corrected chi connectivity index (χ4v) is 1.92. The number of nitrogens with two attached hydrogens (primary N) is 1. The minimum absolute atomic E-state index is 0.350. The molecular formula is C12H15ClN4O. The molecule has 2 aromatic heterocycles. The fourth-order valence-electron chi connectivity index (χ4n) is 1.69. The predicted octanol–water partition coefficient (Wildman–Crippen LogP) is 2.34. The predicted molar refractivity (Wildman–Crippen MR) is 69.9 cm³/mol. The highest BCUT2D eigenvalue weighted by Crippen LogP contribution is 2.32. The highest BCUT2D eigenvalue weighted by atomic mass is 35.5. The number of aryl methyl sites for hydroxylation is 2. The second kappa shape index (κ2) is 4.96. The van der Waals surface area contributed by atoms with Crippen LogP contribution < -0.4 is 10.5 Å². The minimum atomic E-state index is 0.350. The van der Waals surface area contributed by atoms with E-state index >= 15 is 0 Å². The summed E-state index contributed by atoms with van der Waals surface area (Å²) in [6, 6.07) is 1.78. The van der Waals surface area contributed by atoms with Gasteiger partial charge in [0.25, 0.3) is 0 Å². The number of hydrogen-bond donors (Lipinski definition) is 1. The Morgan fingerprint density at radius 2 is 2.17 bits per heavy atom. The van der Waals surface area contributed by atoms with Crippen molar-refractivity contribution in [1.29, 1.82) is 0 Å². The Hall–Kier alpha value is -1.59. The van der Waals surface area contributed by atoms with E-state index in [1.165, 1.54) is 0 Å². The van der Waals surface area contributed by atoms with Crippen molar-refractivity contribution in [3.8, 4) is 11.6 Å². The summed E-state index contributed by atoms with van der Waals surface area (Å²) in [6.45, 7) is 4.15. The van der Waals surface area contributed by atoms with E-state index in [4.69, 9.17) is 22.1 Å². The summed E-state index contributed by atoms with van der Waals surface area (Å²) in [6.07, 6.45) is 1.63. The molecule has 0 aliphatic carbocycles. The van der Waals surface area contributed by atoms with E-state index < -0.39 is 0 Å². The summed E-state index contributed by atoms with van der Waals surface area (Å²) >= 11 is 6.18. The molecule has 0 aliphatic heterocycles. The van der Waals surface area contributed by atoms with Gasteiger partial charge in [-0.15, -0.1) is 0 Å². The number of nitrogens with zero attached hydrogens (tertiary/aromatic N) is 3. The number of aromatic nitrogens is 3. The zero-order valence-electron chi connectivity index (χ0n) is 10.6. The second-order valence-electron chi connectivity index (χ2n) is 4.02. The van der Waals surface area contributed by atoms with Crippen LogP contribution in [0.25, 0.3) is 0 Å². The van der Waals surface area contributed by atoms with Gasteiger partial charge in [-0.25, -0.2) is 4.98 Å². The lowest BCUT2D eigenvalue weighted by Gasteiger charge is -2.08. The monoisotopic (exact) mass is 266 g/mol. The standard InChI is InChI=1S/C12H15ClN4O/c1-7-11(8(2)17(3)16-7)18-12-10(13)9(6-14)4-5-15-12/h4-5H,6,14H2,1-3H3. The maximum absolute atomic E-state index is 6.18. The van der Waals surface area contributed by atoms with Gasteiger partial charge in [-0.1, -0.05) is 11.6 Å². The topological polar surface area (TPSA) is 66.0 Å². The Kier molecular flexibility index (Phi) is 3.54. The first-order chi connectivity index (χ1) is 8.54. The van der Waals surface area contributed by atoms with Gasteiger partial charge < -0.3 is 10.5 Å². The van der Waals surface area contributed by atoms with E-state index in [2.05, 4.69) is 10.1 Å². The molecule has 0 amide bonds. The lowest BCUT2D eigenvalue weighted by molar-refractivity contribution is 0.454. The van der Waals surface area contributed by atoms with E-state index in [1.807, 2.05) is 20.9 Å². The van der Waals surface area contributed by atoms with E-state index in [-0.39, 0.29) is 0 Å². The number of hydrogen-bond acceptors (Lipinski definition) is 4. The fraction of sp³-hybridized carbons (Fsp3) is 0.333. The summed E-state index contributed by atoms with van der Waals surface area (Å²) < 4.78 is 7.51. The molecule has 6 heteroatoms. The van der Waals surface area contributed by atoms with Crippen LogP contribution >= 0.6 is 11.6 Å². The average molecular weight is 267 g/mol. The van der Waals surface area contributed by atoms with Gasteiger partial charge in [0.2, 0.25) is 5.88 Å². The quantitative estimate of drug-likeness (QED) is 0.926. The normalized spacial score (nSPS) is 10.7. The zero-order chi connectivity index (χ0) is 13.3. The largest absolute Gasteiger partial charge is 0.434 e. The minimum Gasteiger partial charge on any atom is -0.434 e. The van der Waals surface area contributed by atoms with Crippen molar-refractivity contribution in [3.63, 3.8) is 0 Å². The lowest BCUT2D eigenvalue weighted by atomic mass is 10.2. The van der Waals surface area contributed by atoms with E-state index in [9.17, 15) is 0 Å². The van der Waals surface area contributed by atoms with Crippen LogP contribution in [-0.2, 0) is 13.6 Å². The van der Waals surface area contributed by atoms with E-state index in [1.54, 1.807) is 16.9 Å². The van der Waals surface area contributed by atoms with Crippen LogP contribution in [0.15, 0.2) is 12.3 Å². The van der Waals surface area contributed by atoms with Gasteiger partial charge >= 0.3 is 0 Å². The molecule has 0 atom stereocenters. The molecule has 0 spiro atoms. The molecule has 2 rings (SSSR count). The third-order valence-electron chi connectivity index (χ3n) is 2.80. The third kappa shape index (κ3) is 2.19. The first-order valence-electron chi connectivity index (χ1n) is 5.56. The maximum atomic E-state index is 6.18. The highest BCUT2D eigenvalue weighted by Gasteiger charge is 2.15. The van der Waals surface area contributed by atoms with Crippen LogP contribution in [0.1, 0.15) is 17.0 Å². The second-order valence-corrected chi connectivity index (χ2v) is 4.40. The van der Waals surface area contributed by atoms with Crippen LogP contribution in [0.3, 0.4) is 0 Å². The van der Waals surface area contributed by atoms with Crippen molar-refractivity contribution in [2.75, 3.05) is 0 Å². The van der Waals surface area contributed by atoms with Crippen molar-refractivity contribution in [3.05, 3.63) is 34.2 Å². The van der Waals surface area contributed by atoms with Gasteiger partial charge in [0, 0.05) is 19.8 Å². The van der Waals surface area contributed by atoms with E-state index in [0.29, 0.717) is 23.2 Å². The maximum Gasteiger partial charge on any atom is 0.238 e. The molecule has 2 N–H and O–H groups in total. The van der Waals surface area contributed by atoms with Crippen molar-refractivity contribution < 1.29 is 4.74 Å². The Balaban J connectivity index is 2.40. The Labute approximate surface area is 111 Å².